The normalized spacial score (nSPS) is 16.7. The van der Waals surface area contributed by atoms with Crippen LogP contribution in [-0.2, 0) is 21.2 Å². The van der Waals surface area contributed by atoms with Gasteiger partial charge in [0, 0.05) is 5.88 Å². The summed E-state index contributed by atoms with van der Waals surface area (Å²) in [7, 11) is -3.81. The highest BCUT2D eigenvalue weighted by Crippen LogP contribution is 2.39. The maximum atomic E-state index is 13.0. The van der Waals surface area contributed by atoms with Gasteiger partial charge in [0.2, 0.25) is 0 Å². The van der Waals surface area contributed by atoms with E-state index >= 15 is 0 Å². The summed E-state index contributed by atoms with van der Waals surface area (Å²) >= 11 is 5.68. The molecule has 0 saturated carbocycles. The molecule has 0 amide bonds. The lowest BCUT2D eigenvalue weighted by molar-refractivity contribution is -0.138. The third-order valence-corrected chi connectivity index (χ3v) is 6.40. The van der Waals surface area contributed by atoms with Crippen LogP contribution in [0.5, 0.6) is 0 Å². The summed E-state index contributed by atoms with van der Waals surface area (Å²) in [5.74, 6) is -1.32. The van der Waals surface area contributed by atoms with Gasteiger partial charge in [-0.2, -0.15) is 0 Å². The number of halogens is 1. The molecular formula is C18H18ClNO4S. The molecular weight excluding hydrogens is 362 g/mol. The number of carbonyl (C=O) groups is 1. The molecule has 132 valence electrons. The summed E-state index contributed by atoms with van der Waals surface area (Å²) < 4.78 is 27.2. The predicted molar refractivity (Wildman–Crippen MR) is 96.8 cm³/mol. The van der Waals surface area contributed by atoms with Crippen LogP contribution in [0.1, 0.15) is 23.5 Å². The number of aliphatic carboxylic acids is 1. The Morgan fingerprint density at radius 1 is 1.16 bits per heavy atom. The van der Waals surface area contributed by atoms with Gasteiger partial charge in [0.15, 0.2) is 0 Å². The van der Waals surface area contributed by atoms with Crippen molar-refractivity contribution in [3.8, 4) is 0 Å². The van der Waals surface area contributed by atoms with E-state index in [0.29, 0.717) is 17.1 Å². The molecule has 0 saturated heterocycles. The van der Waals surface area contributed by atoms with Gasteiger partial charge in [0.1, 0.15) is 5.92 Å². The number of hydrogen-bond acceptors (Lipinski definition) is 3. The predicted octanol–water partition coefficient (Wildman–Crippen LogP) is 3.24. The zero-order valence-electron chi connectivity index (χ0n) is 13.4. The lowest BCUT2D eigenvalue weighted by atomic mass is 10.0. The van der Waals surface area contributed by atoms with Crippen molar-refractivity contribution >= 4 is 33.3 Å². The van der Waals surface area contributed by atoms with Gasteiger partial charge in [-0.25, -0.2) is 8.42 Å². The monoisotopic (exact) mass is 379 g/mol. The van der Waals surface area contributed by atoms with Gasteiger partial charge in [0.05, 0.1) is 17.1 Å². The molecule has 1 unspecified atom stereocenters. The Hall–Kier alpha value is -2.05. The third-order valence-electron chi connectivity index (χ3n) is 4.34. The van der Waals surface area contributed by atoms with Gasteiger partial charge in [-0.15, -0.1) is 11.6 Å². The van der Waals surface area contributed by atoms with E-state index in [9.17, 15) is 18.3 Å². The summed E-state index contributed by atoms with van der Waals surface area (Å²) in [6.45, 7) is -0.0922. The summed E-state index contributed by atoms with van der Waals surface area (Å²) in [6.07, 6.45) is 1.62. The second kappa shape index (κ2) is 7.06. The molecule has 5 nitrogen and oxygen atoms in total. The van der Waals surface area contributed by atoms with E-state index in [-0.39, 0.29) is 11.4 Å². The van der Waals surface area contributed by atoms with Crippen molar-refractivity contribution < 1.29 is 18.3 Å². The second-order valence-corrected chi connectivity index (χ2v) is 8.16. The topological polar surface area (TPSA) is 74.7 Å². The first-order valence-electron chi connectivity index (χ1n) is 7.94. The van der Waals surface area contributed by atoms with Crippen molar-refractivity contribution in [2.24, 2.45) is 0 Å². The van der Waals surface area contributed by atoms with Crippen LogP contribution in [0.15, 0.2) is 53.4 Å². The summed E-state index contributed by atoms with van der Waals surface area (Å²) in [6, 6.07) is 13.4. The van der Waals surface area contributed by atoms with E-state index < -0.39 is 21.9 Å². The first-order valence-corrected chi connectivity index (χ1v) is 9.92. The quantitative estimate of drug-likeness (QED) is 0.782. The largest absolute Gasteiger partial charge is 0.481 e. The molecule has 0 bridgehead atoms. The fourth-order valence-electron chi connectivity index (χ4n) is 3.04. The van der Waals surface area contributed by atoms with E-state index in [4.69, 9.17) is 11.6 Å². The highest BCUT2D eigenvalue weighted by Gasteiger charge is 2.39. The van der Waals surface area contributed by atoms with E-state index in [0.717, 1.165) is 18.4 Å². The number of anilines is 1. The average molecular weight is 380 g/mol. The molecule has 0 radical (unpaired) electrons. The van der Waals surface area contributed by atoms with Crippen LogP contribution in [0.2, 0.25) is 0 Å². The molecule has 1 N–H and O–H groups in total. The van der Waals surface area contributed by atoms with Gasteiger partial charge >= 0.3 is 5.97 Å². The summed E-state index contributed by atoms with van der Waals surface area (Å²) in [5, 5.41) is 9.40. The minimum Gasteiger partial charge on any atom is -0.481 e. The number of carboxylic acid groups (broad SMARTS) is 1. The number of hydrogen-bond donors (Lipinski definition) is 1. The number of benzene rings is 2. The van der Waals surface area contributed by atoms with Gasteiger partial charge in [-0.3, -0.25) is 9.10 Å². The standard InChI is InChI=1S/C18H18ClNO4S/c19-11-3-4-13-7-9-14(10-8-13)25(23,24)20-12-16(18(21)22)15-5-1-2-6-17(15)20/h1-2,5-10,16H,3-4,11-12H2,(H,21,22). The van der Waals surface area contributed by atoms with Gasteiger partial charge < -0.3 is 5.11 Å². The Morgan fingerprint density at radius 2 is 1.84 bits per heavy atom. The van der Waals surface area contributed by atoms with Crippen molar-refractivity contribution in [2.75, 3.05) is 16.7 Å². The first-order chi connectivity index (χ1) is 11.9. The van der Waals surface area contributed by atoms with Crippen LogP contribution in [0.4, 0.5) is 5.69 Å². The number of alkyl halides is 1. The van der Waals surface area contributed by atoms with Crippen molar-refractivity contribution in [3.05, 3.63) is 59.7 Å². The van der Waals surface area contributed by atoms with Crippen molar-refractivity contribution in [1.82, 2.24) is 0 Å². The maximum absolute atomic E-state index is 13.0. The number of sulfonamides is 1. The second-order valence-electron chi connectivity index (χ2n) is 5.92. The van der Waals surface area contributed by atoms with Crippen LogP contribution >= 0.6 is 11.6 Å². The molecule has 1 heterocycles. The molecule has 2 aromatic rings. The first kappa shape index (κ1) is 17.8. The van der Waals surface area contributed by atoms with E-state index in [2.05, 4.69) is 0 Å². The van der Waals surface area contributed by atoms with Crippen molar-refractivity contribution in [3.63, 3.8) is 0 Å². The maximum Gasteiger partial charge on any atom is 0.312 e. The molecule has 0 fully saturated rings. The van der Waals surface area contributed by atoms with Crippen LogP contribution < -0.4 is 4.31 Å². The van der Waals surface area contributed by atoms with E-state index in [1.54, 1.807) is 48.5 Å². The van der Waals surface area contributed by atoms with Crippen LogP contribution in [0.25, 0.3) is 0 Å². The Labute approximate surface area is 151 Å². The molecule has 7 heteroatoms. The molecule has 3 rings (SSSR count). The molecule has 2 aromatic carbocycles. The number of aryl methyl sites for hydroxylation is 1. The smallest absolute Gasteiger partial charge is 0.312 e. The van der Waals surface area contributed by atoms with Crippen LogP contribution in [0.3, 0.4) is 0 Å². The lowest BCUT2D eigenvalue weighted by Crippen LogP contribution is -2.31. The van der Waals surface area contributed by atoms with E-state index in [1.807, 2.05) is 0 Å². The SMILES string of the molecule is O=C(O)C1CN(S(=O)(=O)c2ccc(CCCCl)cc2)c2ccccc21. The minimum absolute atomic E-state index is 0.0922. The Morgan fingerprint density at radius 3 is 2.48 bits per heavy atom. The third kappa shape index (κ3) is 3.37. The Balaban J connectivity index is 1.94. The number of nitrogens with zero attached hydrogens (tertiary/aromatic N) is 1. The number of para-hydroxylation sites is 1. The van der Waals surface area contributed by atoms with Crippen molar-refractivity contribution in [1.29, 1.82) is 0 Å². The van der Waals surface area contributed by atoms with Crippen LogP contribution in [-0.4, -0.2) is 31.9 Å². The molecule has 25 heavy (non-hydrogen) atoms. The molecule has 0 aromatic heterocycles. The molecule has 1 aliphatic heterocycles. The van der Waals surface area contributed by atoms with Gasteiger partial charge in [0.25, 0.3) is 10.0 Å². The summed E-state index contributed by atoms with van der Waals surface area (Å²) in [5.41, 5.74) is 1.98. The van der Waals surface area contributed by atoms with Crippen LogP contribution in [0, 0.1) is 0 Å². The molecule has 0 spiro atoms. The lowest BCUT2D eigenvalue weighted by Gasteiger charge is -2.20. The molecule has 0 aliphatic carbocycles. The molecule has 1 aliphatic rings. The van der Waals surface area contributed by atoms with Crippen molar-refractivity contribution in [2.45, 2.75) is 23.7 Å². The Kier molecular flexibility index (Phi) is 5.01. The zero-order valence-corrected chi connectivity index (χ0v) is 15.0. The highest BCUT2D eigenvalue weighted by atomic mass is 35.5. The number of carboxylic acids is 1. The number of fused-ring (bicyclic) bond motifs is 1. The zero-order chi connectivity index (χ0) is 18.0. The minimum atomic E-state index is -3.81. The van der Waals surface area contributed by atoms with E-state index in [1.165, 1.54) is 4.31 Å². The van der Waals surface area contributed by atoms with Gasteiger partial charge in [-0.05, 0) is 42.2 Å². The number of rotatable bonds is 6. The fraction of sp³-hybridized carbons (Fsp3) is 0.278. The van der Waals surface area contributed by atoms with Gasteiger partial charge in [-0.1, -0.05) is 30.3 Å². The summed E-state index contributed by atoms with van der Waals surface area (Å²) in [4.78, 5) is 11.6. The fourth-order valence-corrected chi connectivity index (χ4v) is 4.68. The average Bonchev–Trinajstić information content (AvgIpc) is 3.01. The molecule has 1 atom stereocenters. The highest BCUT2D eigenvalue weighted by molar-refractivity contribution is 7.92. The Bertz CT molecular complexity index is 880.